The minimum atomic E-state index is -0.262. The van der Waals surface area contributed by atoms with Gasteiger partial charge in [-0.1, -0.05) is 18.2 Å². The van der Waals surface area contributed by atoms with Gasteiger partial charge in [0.25, 0.3) is 0 Å². The summed E-state index contributed by atoms with van der Waals surface area (Å²) in [6, 6.07) is 7.78. The molecule has 2 aromatic rings. The number of hydrogen-bond acceptors (Lipinski definition) is 2. The van der Waals surface area contributed by atoms with Gasteiger partial charge in [0.1, 0.15) is 6.04 Å². The van der Waals surface area contributed by atoms with Crippen LogP contribution in [-0.2, 0) is 11.2 Å². The van der Waals surface area contributed by atoms with Crippen molar-refractivity contribution in [3.8, 4) is 0 Å². The van der Waals surface area contributed by atoms with Crippen molar-refractivity contribution in [3.05, 3.63) is 36.0 Å². The van der Waals surface area contributed by atoms with Crippen LogP contribution in [0.3, 0.4) is 0 Å². The van der Waals surface area contributed by atoms with E-state index in [9.17, 15) is 4.79 Å². The summed E-state index contributed by atoms with van der Waals surface area (Å²) in [7, 11) is 0. The van der Waals surface area contributed by atoms with E-state index in [1.54, 1.807) is 0 Å². The van der Waals surface area contributed by atoms with Crippen molar-refractivity contribution >= 4 is 34.1 Å². The standard InChI is InChI=1S/C12H11N3OS/c16-11-10(14-12(17)15-11)5-7-6-13-9-4-2-1-3-8(7)9/h1-4,6,10,13H,5H2,(H2,14,15,16,17). The molecule has 1 amide bonds. The molecule has 0 radical (unpaired) electrons. The number of benzene rings is 1. The maximum Gasteiger partial charge on any atom is 0.249 e. The number of thiocarbonyl (C=S) groups is 1. The van der Waals surface area contributed by atoms with Crippen molar-refractivity contribution in [2.24, 2.45) is 0 Å². The number of amides is 1. The van der Waals surface area contributed by atoms with E-state index in [0.29, 0.717) is 11.5 Å². The minimum absolute atomic E-state index is 0.0553. The van der Waals surface area contributed by atoms with Crippen molar-refractivity contribution in [1.82, 2.24) is 15.6 Å². The lowest BCUT2D eigenvalue weighted by Crippen LogP contribution is -2.30. The first-order chi connectivity index (χ1) is 8.24. The molecule has 1 aromatic heterocycles. The monoisotopic (exact) mass is 245 g/mol. The van der Waals surface area contributed by atoms with Gasteiger partial charge in [0.05, 0.1) is 0 Å². The van der Waals surface area contributed by atoms with Gasteiger partial charge in [0.15, 0.2) is 5.11 Å². The highest BCUT2D eigenvalue weighted by Crippen LogP contribution is 2.19. The number of nitrogens with one attached hydrogen (secondary N) is 3. The van der Waals surface area contributed by atoms with Gasteiger partial charge in [0.2, 0.25) is 5.91 Å². The normalized spacial score (nSPS) is 19.4. The van der Waals surface area contributed by atoms with Crippen LogP contribution >= 0.6 is 12.2 Å². The number of rotatable bonds is 2. The van der Waals surface area contributed by atoms with Gasteiger partial charge >= 0.3 is 0 Å². The molecule has 86 valence electrons. The molecule has 1 saturated heterocycles. The Hall–Kier alpha value is -1.88. The highest BCUT2D eigenvalue weighted by atomic mass is 32.1. The van der Waals surface area contributed by atoms with Gasteiger partial charge in [-0.15, -0.1) is 0 Å². The Balaban J connectivity index is 1.90. The van der Waals surface area contributed by atoms with Crippen LogP contribution in [0.2, 0.25) is 0 Å². The van der Waals surface area contributed by atoms with Crippen molar-refractivity contribution in [2.45, 2.75) is 12.5 Å². The number of carbonyl (C=O) groups is 1. The Bertz CT molecular complexity index is 605. The number of aromatic nitrogens is 1. The fourth-order valence-electron chi connectivity index (χ4n) is 2.12. The Morgan fingerprint density at radius 1 is 1.29 bits per heavy atom. The second-order valence-corrected chi connectivity index (χ2v) is 4.49. The summed E-state index contributed by atoms with van der Waals surface area (Å²) in [5.41, 5.74) is 2.21. The Morgan fingerprint density at radius 2 is 2.12 bits per heavy atom. The van der Waals surface area contributed by atoms with Crippen molar-refractivity contribution in [3.63, 3.8) is 0 Å². The topological polar surface area (TPSA) is 56.9 Å². The molecule has 0 saturated carbocycles. The molecule has 3 rings (SSSR count). The van der Waals surface area contributed by atoms with E-state index >= 15 is 0 Å². The van der Waals surface area contributed by atoms with Crippen molar-refractivity contribution in [1.29, 1.82) is 0 Å². The highest BCUT2D eigenvalue weighted by Gasteiger charge is 2.27. The molecule has 1 aliphatic rings. The molecular formula is C12H11N3OS. The van der Waals surface area contributed by atoms with E-state index < -0.39 is 0 Å². The third kappa shape index (κ3) is 1.78. The molecule has 17 heavy (non-hydrogen) atoms. The largest absolute Gasteiger partial charge is 0.361 e. The second kappa shape index (κ2) is 3.85. The van der Waals surface area contributed by atoms with Crippen molar-refractivity contribution in [2.75, 3.05) is 0 Å². The molecule has 1 aliphatic heterocycles. The fourth-order valence-corrected chi connectivity index (χ4v) is 2.37. The number of fused-ring (bicyclic) bond motifs is 1. The van der Waals surface area contributed by atoms with Crippen LogP contribution in [0.15, 0.2) is 30.5 Å². The lowest BCUT2D eigenvalue weighted by atomic mass is 10.1. The first-order valence-corrected chi connectivity index (χ1v) is 5.81. The third-order valence-electron chi connectivity index (χ3n) is 2.96. The number of para-hydroxylation sites is 1. The summed E-state index contributed by atoms with van der Waals surface area (Å²) in [4.78, 5) is 14.8. The molecule has 5 heteroatoms. The van der Waals surface area contributed by atoms with Gasteiger partial charge in [-0.3, -0.25) is 4.79 Å². The molecule has 3 N–H and O–H groups in total. The summed E-state index contributed by atoms with van der Waals surface area (Å²) < 4.78 is 0. The Labute approximate surface area is 103 Å². The predicted octanol–water partition coefficient (Wildman–Crippen LogP) is 1.08. The maximum absolute atomic E-state index is 11.6. The third-order valence-corrected chi connectivity index (χ3v) is 3.18. The maximum atomic E-state index is 11.6. The molecule has 1 aromatic carbocycles. The Kier molecular flexibility index (Phi) is 2.33. The van der Waals surface area contributed by atoms with Gasteiger partial charge in [-0.2, -0.15) is 0 Å². The second-order valence-electron chi connectivity index (χ2n) is 4.08. The van der Waals surface area contributed by atoms with E-state index in [0.717, 1.165) is 16.5 Å². The van der Waals surface area contributed by atoms with Gasteiger partial charge in [-0.05, 0) is 23.8 Å². The van der Waals surface area contributed by atoms with Crippen LogP contribution in [0.25, 0.3) is 10.9 Å². The summed E-state index contributed by atoms with van der Waals surface area (Å²) >= 11 is 4.91. The molecule has 0 aliphatic carbocycles. The lowest BCUT2D eigenvalue weighted by Gasteiger charge is -2.06. The summed E-state index contributed by atoms with van der Waals surface area (Å²) in [6.07, 6.45) is 2.58. The van der Waals surface area contributed by atoms with E-state index in [-0.39, 0.29) is 11.9 Å². The smallest absolute Gasteiger partial charge is 0.249 e. The van der Waals surface area contributed by atoms with Gasteiger partial charge in [-0.25, -0.2) is 0 Å². The zero-order valence-corrected chi connectivity index (χ0v) is 9.80. The first kappa shape index (κ1) is 10.3. The molecule has 1 atom stereocenters. The molecule has 2 heterocycles. The van der Waals surface area contributed by atoms with Crippen LogP contribution in [0.1, 0.15) is 5.56 Å². The van der Waals surface area contributed by atoms with Crippen molar-refractivity contribution < 1.29 is 4.79 Å². The zero-order valence-electron chi connectivity index (χ0n) is 8.99. The van der Waals surface area contributed by atoms with E-state index in [4.69, 9.17) is 12.2 Å². The van der Waals surface area contributed by atoms with Crippen LogP contribution in [0.4, 0.5) is 0 Å². The van der Waals surface area contributed by atoms with Gasteiger partial charge < -0.3 is 15.6 Å². The number of H-pyrrole nitrogens is 1. The van der Waals surface area contributed by atoms with Crippen LogP contribution in [0.5, 0.6) is 0 Å². The average Bonchev–Trinajstić information content (AvgIpc) is 2.85. The quantitative estimate of drug-likeness (QED) is 0.694. The summed E-state index contributed by atoms with van der Waals surface area (Å²) in [6.45, 7) is 0. The SMILES string of the molecule is O=C1NC(=S)NC1Cc1c[nH]c2ccccc12. The average molecular weight is 245 g/mol. The number of carbonyl (C=O) groups excluding carboxylic acids is 1. The molecular weight excluding hydrogens is 234 g/mol. The molecule has 4 nitrogen and oxygen atoms in total. The first-order valence-electron chi connectivity index (χ1n) is 5.40. The van der Waals surface area contributed by atoms with E-state index in [1.165, 1.54) is 0 Å². The number of hydrogen-bond donors (Lipinski definition) is 3. The predicted molar refractivity (Wildman–Crippen MR) is 69.7 cm³/mol. The van der Waals surface area contributed by atoms with Crippen LogP contribution in [-0.4, -0.2) is 22.0 Å². The molecule has 1 fully saturated rings. The molecule has 0 bridgehead atoms. The Morgan fingerprint density at radius 3 is 2.88 bits per heavy atom. The zero-order chi connectivity index (χ0) is 11.8. The van der Waals surface area contributed by atoms with Gasteiger partial charge in [0, 0.05) is 23.5 Å². The fraction of sp³-hybridized carbons (Fsp3) is 0.167. The minimum Gasteiger partial charge on any atom is -0.361 e. The van der Waals surface area contributed by atoms with E-state index in [2.05, 4.69) is 15.6 Å². The summed E-state index contributed by atoms with van der Waals surface area (Å²) in [5, 5.41) is 7.13. The lowest BCUT2D eigenvalue weighted by molar-refractivity contribution is -0.120. The molecule has 1 unspecified atom stereocenters. The summed E-state index contributed by atoms with van der Waals surface area (Å²) in [5.74, 6) is -0.0553. The van der Waals surface area contributed by atoms with Crippen LogP contribution in [0, 0.1) is 0 Å². The van der Waals surface area contributed by atoms with Crippen LogP contribution < -0.4 is 10.6 Å². The van der Waals surface area contributed by atoms with E-state index in [1.807, 2.05) is 30.5 Å². The highest BCUT2D eigenvalue weighted by molar-refractivity contribution is 7.80. The number of aromatic amines is 1. The molecule has 0 spiro atoms.